The standard InChI is InChI=1S/C22H30N2O3/c1-5-24(6-2)16-18-10-8-17(9-11-18)15-23-22(25)19-12-13-20(27-7-3)21(14-19)26-4/h8-14H,5-7,15-16H2,1-4H3,(H,23,25)/p+1. The third-order valence-electron chi connectivity index (χ3n) is 4.66. The lowest BCUT2D eigenvalue weighted by Gasteiger charge is -2.15. The van der Waals surface area contributed by atoms with E-state index in [9.17, 15) is 4.79 Å². The highest BCUT2D eigenvalue weighted by Crippen LogP contribution is 2.28. The Morgan fingerprint density at radius 3 is 2.22 bits per heavy atom. The molecule has 0 heterocycles. The highest BCUT2D eigenvalue weighted by atomic mass is 16.5. The summed E-state index contributed by atoms with van der Waals surface area (Å²) in [6, 6.07) is 13.7. The molecule has 0 aliphatic heterocycles. The van der Waals surface area contributed by atoms with Crippen LogP contribution >= 0.6 is 0 Å². The molecule has 0 fully saturated rings. The van der Waals surface area contributed by atoms with Crippen LogP contribution in [0.25, 0.3) is 0 Å². The van der Waals surface area contributed by atoms with Gasteiger partial charge in [-0.15, -0.1) is 0 Å². The Morgan fingerprint density at radius 2 is 1.63 bits per heavy atom. The number of benzene rings is 2. The first-order chi connectivity index (χ1) is 13.1. The lowest BCUT2D eigenvalue weighted by atomic mass is 10.1. The van der Waals surface area contributed by atoms with Gasteiger partial charge in [0.05, 0.1) is 26.8 Å². The highest BCUT2D eigenvalue weighted by molar-refractivity contribution is 5.94. The molecule has 0 aromatic heterocycles. The molecule has 27 heavy (non-hydrogen) atoms. The van der Waals surface area contributed by atoms with Crippen LogP contribution in [0, 0.1) is 0 Å². The Labute approximate surface area is 162 Å². The maximum atomic E-state index is 12.4. The van der Waals surface area contributed by atoms with Gasteiger partial charge in [-0.1, -0.05) is 24.3 Å². The van der Waals surface area contributed by atoms with Crippen molar-refractivity contribution >= 4 is 5.91 Å². The smallest absolute Gasteiger partial charge is 0.251 e. The fourth-order valence-electron chi connectivity index (χ4n) is 2.93. The van der Waals surface area contributed by atoms with Crippen LogP contribution in [0.3, 0.4) is 0 Å². The highest BCUT2D eigenvalue weighted by Gasteiger charge is 2.11. The lowest BCUT2D eigenvalue weighted by molar-refractivity contribution is -0.910. The van der Waals surface area contributed by atoms with E-state index in [4.69, 9.17) is 9.47 Å². The fraction of sp³-hybridized carbons (Fsp3) is 0.409. The van der Waals surface area contributed by atoms with E-state index in [2.05, 4.69) is 43.4 Å². The Hall–Kier alpha value is -2.53. The minimum Gasteiger partial charge on any atom is -0.493 e. The summed E-state index contributed by atoms with van der Waals surface area (Å²) in [6.07, 6.45) is 0. The number of ether oxygens (including phenoxy) is 2. The normalized spacial score (nSPS) is 10.7. The van der Waals surface area contributed by atoms with Crippen LogP contribution in [0.1, 0.15) is 42.3 Å². The molecule has 5 nitrogen and oxygen atoms in total. The monoisotopic (exact) mass is 371 g/mol. The topological polar surface area (TPSA) is 52.0 Å². The maximum absolute atomic E-state index is 12.4. The van der Waals surface area contributed by atoms with Crippen molar-refractivity contribution in [2.75, 3.05) is 26.8 Å². The Balaban J connectivity index is 1.95. The molecule has 5 heteroatoms. The summed E-state index contributed by atoms with van der Waals surface area (Å²) in [7, 11) is 1.57. The van der Waals surface area contributed by atoms with E-state index < -0.39 is 0 Å². The first kappa shape index (κ1) is 20.8. The van der Waals surface area contributed by atoms with E-state index >= 15 is 0 Å². The summed E-state index contributed by atoms with van der Waals surface area (Å²) in [5, 5.41) is 2.96. The average molecular weight is 372 g/mol. The van der Waals surface area contributed by atoms with Gasteiger partial charge in [0.15, 0.2) is 11.5 Å². The summed E-state index contributed by atoms with van der Waals surface area (Å²) in [6.45, 7) is 10.7. The summed E-state index contributed by atoms with van der Waals surface area (Å²) in [5.74, 6) is 1.07. The van der Waals surface area contributed by atoms with Gasteiger partial charge in [-0.2, -0.15) is 0 Å². The van der Waals surface area contributed by atoms with Crippen molar-refractivity contribution < 1.29 is 19.2 Å². The molecule has 1 amide bonds. The van der Waals surface area contributed by atoms with Crippen LogP contribution in [-0.4, -0.2) is 32.7 Å². The van der Waals surface area contributed by atoms with Gasteiger partial charge in [0.1, 0.15) is 6.54 Å². The largest absolute Gasteiger partial charge is 0.493 e. The van der Waals surface area contributed by atoms with Crippen molar-refractivity contribution in [1.82, 2.24) is 5.32 Å². The number of methoxy groups -OCH3 is 1. The molecule has 0 saturated carbocycles. The van der Waals surface area contributed by atoms with Crippen LogP contribution in [0.2, 0.25) is 0 Å². The Morgan fingerprint density at radius 1 is 0.963 bits per heavy atom. The van der Waals surface area contributed by atoms with Gasteiger partial charge in [-0.25, -0.2) is 0 Å². The van der Waals surface area contributed by atoms with Gasteiger partial charge in [0.2, 0.25) is 0 Å². The van der Waals surface area contributed by atoms with Gasteiger partial charge in [0.25, 0.3) is 5.91 Å². The number of nitrogens with one attached hydrogen (secondary N) is 2. The van der Waals surface area contributed by atoms with E-state index in [-0.39, 0.29) is 5.91 Å². The molecule has 2 N–H and O–H groups in total. The van der Waals surface area contributed by atoms with Gasteiger partial charge in [0, 0.05) is 17.7 Å². The number of amides is 1. The second kappa shape index (κ2) is 10.6. The van der Waals surface area contributed by atoms with Crippen molar-refractivity contribution in [2.45, 2.75) is 33.9 Å². The molecule has 2 aromatic carbocycles. The van der Waals surface area contributed by atoms with Crippen LogP contribution in [0.15, 0.2) is 42.5 Å². The zero-order chi connectivity index (χ0) is 19.6. The fourth-order valence-corrected chi connectivity index (χ4v) is 2.93. The van der Waals surface area contributed by atoms with Crippen LogP contribution < -0.4 is 19.7 Å². The minimum absolute atomic E-state index is 0.131. The molecule has 0 unspecified atom stereocenters. The number of rotatable bonds is 10. The van der Waals surface area contributed by atoms with Crippen molar-refractivity contribution in [2.24, 2.45) is 0 Å². The predicted molar refractivity (Wildman–Crippen MR) is 108 cm³/mol. The van der Waals surface area contributed by atoms with Gasteiger partial charge < -0.3 is 19.7 Å². The third-order valence-corrected chi connectivity index (χ3v) is 4.66. The van der Waals surface area contributed by atoms with Gasteiger partial charge in [-0.3, -0.25) is 4.79 Å². The second-order valence-electron chi connectivity index (χ2n) is 6.43. The van der Waals surface area contributed by atoms with Crippen LogP contribution in [-0.2, 0) is 13.1 Å². The molecule has 0 bridgehead atoms. The molecule has 2 rings (SSSR count). The maximum Gasteiger partial charge on any atom is 0.251 e. The number of carbonyl (C=O) groups is 1. The molecule has 0 radical (unpaired) electrons. The van der Waals surface area contributed by atoms with Crippen LogP contribution in [0.4, 0.5) is 0 Å². The molecule has 2 aromatic rings. The molecule has 0 saturated heterocycles. The molecule has 0 aliphatic rings. The summed E-state index contributed by atoms with van der Waals surface area (Å²) in [5.41, 5.74) is 2.96. The summed E-state index contributed by atoms with van der Waals surface area (Å²) < 4.78 is 10.8. The van der Waals surface area contributed by atoms with Gasteiger partial charge >= 0.3 is 0 Å². The number of hydrogen-bond donors (Lipinski definition) is 2. The molecular formula is C22H31N2O3+. The van der Waals surface area contributed by atoms with Gasteiger partial charge in [-0.05, 0) is 44.5 Å². The van der Waals surface area contributed by atoms with E-state index in [0.717, 1.165) is 25.2 Å². The zero-order valence-electron chi connectivity index (χ0n) is 16.8. The van der Waals surface area contributed by atoms with Crippen LogP contribution in [0.5, 0.6) is 11.5 Å². The van der Waals surface area contributed by atoms with E-state index in [0.29, 0.717) is 30.2 Å². The van der Waals surface area contributed by atoms with E-state index in [1.807, 2.05) is 6.92 Å². The molecule has 146 valence electrons. The summed E-state index contributed by atoms with van der Waals surface area (Å²) in [4.78, 5) is 14.0. The molecule has 0 spiro atoms. The molecule has 0 aliphatic carbocycles. The molecular weight excluding hydrogens is 340 g/mol. The predicted octanol–water partition coefficient (Wildman–Crippen LogP) is 2.45. The van der Waals surface area contributed by atoms with E-state index in [1.165, 1.54) is 5.56 Å². The zero-order valence-corrected chi connectivity index (χ0v) is 16.8. The number of carbonyl (C=O) groups excluding carboxylic acids is 1. The average Bonchev–Trinajstić information content (AvgIpc) is 2.71. The number of hydrogen-bond acceptors (Lipinski definition) is 3. The lowest BCUT2D eigenvalue weighted by Crippen LogP contribution is -3.10. The molecule has 0 atom stereocenters. The summed E-state index contributed by atoms with van der Waals surface area (Å²) >= 11 is 0. The quantitative estimate of drug-likeness (QED) is 0.675. The van der Waals surface area contributed by atoms with Crippen molar-refractivity contribution in [3.05, 3.63) is 59.2 Å². The Kier molecular flexibility index (Phi) is 8.14. The minimum atomic E-state index is -0.131. The van der Waals surface area contributed by atoms with Crippen molar-refractivity contribution in [3.63, 3.8) is 0 Å². The SMILES string of the molecule is CCOc1ccc(C(=O)NCc2ccc(C[NH+](CC)CC)cc2)cc1OC. The second-order valence-corrected chi connectivity index (χ2v) is 6.43. The Bertz CT molecular complexity index is 725. The number of quaternary nitrogens is 1. The van der Waals surface area contributed by atoms with Crippen molar-refractivity contribution in [3.8, 4) is 11.5 Å². The van der Waals surface area contributed by atoms with E-state index in [1.54, 1.807) is 30.2 Å². The first-order valence-corrected chi connectivity index (χ1v) is 9.61. The van der Waals surface area contributed by atoms with Crippen molar-refractivity contribution in [1.29, 1.82) is 0 Å². The third kappa shape index (κ3) is 6.00. The first-order valence-electron chi connectivity index (χ1n) is 9.61.